The normalized spacial score (nSPS) is 12.0. The molecule has 0 aliphatic carbocycles. The zero-order valence-electron chi connectivity index (χ0n) is 13.0. The minimum absolute atomic E-state index is 0.124. The Kier molecular flexibility index (Phi) is 6.80. The predicted octanol–water partition coefficient (Wildman–Crippen LogP) is 4.43. The number of halogens is 2. The van der Waals surface area contributed by atoms with Crippen LogP contribution in [0.1, 0.15) is 29.3 Å². The van der Waals surface area contributed by atoms with Gasteiger partial charge in [0.25, 0.3) is 0 Å². The summed E-state index contributed by atoms with van der Waals surface area (Å²) >= 11 is 10.3. The number of anilines is 1. The van der Waals surface area contributed by atoms with Gasteiger partial charge in [-0.15, -0.1) is 0 Å². The molecule has 0 bridgehead atoms. The van der Waals surface area contributed by atoms with E-state index in [0.717, 1.165) is 5.56 Å². The minimum Gasteiger partial charge on any atom is -0.771 e. The summed E-state index contributed by atoms with van der Waals surface area (Å²) in [7, 11) is 0. The Labute approximate surface area is 153 Å². The summed E-state index contributed by atoms with van der Waals surface area (Å²) in [5, 5.41) is 0.477. The molecule has 1 atom stereocenters. The number of carbonyl (C=O) groups is 1. The van der Waals surface area contributed by atoms with Gasteiger partial charge in [-0.1, -0.05) is 60.5 Å². The standard InChI is InChI=1S/C17H17Cl2NO3S/c1-2-15(21)13-8-9-14(18)17(16(13)19)20(11-24(22)23)10-12-6-4-3-5-7-12/h3-9H,2,10-11H2,1H3,(H,22,23)/p-1. The topological polar surface area (TPSA) is 60.4 Å². The fourth-order valence-corrected chi connectivity index (χ4v) is 3.55. The molecule has 0 saturated heterocycles. The van der Waals surface area contributed by atoms with Crippen LogP contribution in [0.4, 0.5) is 5.69 Å². The summed E-state index contributed by atoms with van der Waals surface area (Å²) in [4.78, 5) is 13.6. The van der Waals surface area contributed by atoms with Gasteiger partial charge in [0.2, 0.25) is 0 Å². The molecule has 0 radical (unpaired) electrons. The van der Waals surface area contributed by atoms with Crippen molar-refractivity contribution in [3.63, 3.8) is 0 Å². The van der Waals surface area contributed by atoms with Gasteiger partial charge in [-0.2, -0.15) is 0 Å². The summed E-state index contributed by atoms with van der Waals surface area (Å²) in [5.74, 6) is -0.404. The molecule has 128 valence electrons. The number of ketones is 1. The number of hydrogen-bond acceptors (Lipinski definition) is 4. The van der Waals surface area contributed by atoms with Crippen molar-refractivity contribution < 1.29 is 13.6 Å². The van der Waals surface area contributed by atoms with E-state index in [9.17, 15) is 13.6 Å². The van der Waals surface area contributed by atoms with Gasteiger partial charge < -0.3 is 9.45 Å². The molecule has 0 aromatic heterocycles. The van der Waals surface area contributed by atoms with E-state index in [2.05, 4.69) is 0 Å². The van der Waals surface area contributed by atoms with E-state index < -0.39 is 11.1 Å². The van der Waals surface area contributed by atoms with Crippen molar-refractivity contribution in [2.75, 3.05) is 10.8 Å². The summed E-state index contributed by atoms with van der Waals surface area (Å²) < 4.78 is 22.6. The van der Waals surface area contributed by atoms with Crippen molar-refractivity contribution in [2.45, 2.75) is 19.9 Å². The highest BCUT2D eigenvalue weighted by Gasteiger charge is 2.20. The second-order valence-corrected chi connectivity index (χ2v) is 6.80. The molecule has 0 fully saturated rings. The number of nitrogens with zero attached hydrogens (tertiary/aromatic N) is 1. The molecule has 0 aliphatic heterocycles. The maximum atomic E-state index is 12.0. The third-order valence-corrected chi connectivity index (χ3v) is 4.69. The molecule has 0 amide bonds. The van der Waals surface area contributed by atoms with E-state index in [1.54, 1.807) is 24.0 Å². The van der Waals surface area contributed by atoms with Crippen LogP contribution in [-0.4, -0.2) is 20.4 Å². The van der Waals surface area contributed by atoms with Crippen LogP contribution in [-0.2, 0) is 17.6 Å². The number of hydrogen-bond donors (Lipinski definition) is 0. The predicted molar refractivity (Wildman–Crippen MR) is 97.5 cm³/mol. The second kappa shape index (κ2) is 8.62. The highest BCUT2D eigenvalue weighted by molar-refractivity contribution is 7.79. The molecule has 1 unspecified atom stereocenters. The van der Waals surface area contributed by atoms with Crippen molar-refractivity contribution in [3.8, 4) is 0 Å². The van der Waals surface area contributed by atoms with Crippen molar-refractivity contribution in [1.82, 2.24) is 0 Å². The summed E-state index contributed by atoms with van der Waals surface area (Å²) in [6.45, 7) is 2.04. The van der Waals surface area contributed by atoms with Crippen LogP contribution in [0, 0.1) is 0 Å². The largest absolute Gasteiger partial charge is 0.771 e. The molecule has 2 rings (SSSR count). The monoisotopic (exact) mass is 384 g/mol. The van der Waals surface area contributed by atoms with Crippen LogP contribution in [0.3, 0.4) is 0 Å². The minimum atomic E-state index is -2.33. The number of Topliss-reactive ketones (excluding diaryl/α,β-unsaturated/α-hetero) is 1. The first-order valence-electron chi connectivity index (χ1n) is 7.30. The second-order valence-electron chi connectivity index (χ2n) is 5.15. The molecule has 0 spiro atoms. The first-order valence-corrected chi connectivity index (χ1v) is 9.30. The SMILES string of the molecule is CCC(=O)c1ccc(Cl)c(N(Cc2ccccc2)CS(=O)[O-])c1Cl. The molecule has 0 heterocycles. The van der Waals surface area contributed by atoms with Gasteiger partial charge in [0, 0.05) is 18.5 Å². The average Bonchev–Trinajstić information content (AvgIpc) is 2.54. The van der Waals surface area contributed by atoms with E-state index >= 15 is 0 Å². The Bertz CT molecular complexity index is 753. The Hall–Kier alpha value is -1.40. The van der Waals surface area contributed by atoms with E-state index in [0.29, 0.717) is 29.2 Å². The van der Waals surface area contributed by atoms with E-state index in [-0.39, 0.29) is 16.7 Å². The van der Waals surface area contributed by atoms with Gasteiger partial charge in [0.05, 0.1) is 21.6 Å². The lowest BCUT2D eigenvalue weighted by Gasteiger charge is -2.28. The number of carbonyl (C=O) groups excluding carboxylic acids is 1. The third-order valence-electron chi connectivity index (χ3n) is 3.48. The lowest BCUT2D eigenvalue weighted by Crippen LogP contribution is -2.27. The zero-order chi connectivity index (χ0) is 17.7. The molecule has 0 N–H and O–H groups in total. The fraction of sp³-hybridized carbons (Fsp3) is 0.235. The highest BCUT2D eigenvalue weighted by atomic mass is 35.5. The maximum absolute atomic E-state index is 12.0. The number of benzene rings is 2. The molecule has 2 aromatic carbocycles. The fourth-order valence-electron chi connectivity index (χ4n) is 2.36. The Balaban J connectivity index is 2.49. The summed E-state index contributed by atoms with van der Waals surface area (Å²) in [5.41, 5.74) is 1.60. The molecule has 0 saturated carbocycles. The van der Waals surface area contributed by atoms with Gasteiger partial charge >= 0.3 is 0 Å². The quantitative estimate of drug-likeness (QED) is 0.523. The first-order chi connectivity index (χ1) is 11.4. The molecular weight excluding hydrogens is 369 g/mol. The van der Waals surface area contributed by atoms with Gasteiger partial charge in [-0.3, -0.25) is 9.00 Å². The first kappa shape index (κ1) is 18.9. The van der Waals surface area contributed by atoms with Gasteiger partial charge in [0.1, 0.15) is 0 Å². The molecule has 2 aromatic rings. The summed E-state index contributed by atoms with van der Waals surface area (Å²) in [6.07, 6.45) is 0.299. The number of rotatable bonds is 7. The van der Waals surface area contributed by atoms with Crippen molar-refractivity contribution in [1.29, 1.82) is 0 Å². The van der Waals surface area contributed by atoms with Crippen molar-refractivity contribution in [3.05, 3.63) is 63.6 Å². The summed E-state index contributed by atoms with van der Waals surface area (Å²) in [6, 6.07) is 12.5. The zero-order valence-corrected chi connectivity index (χ0v) is 15.3. The van der Waals surface area contributed by atoms with Crippen molar-refractivity contribution >= 4 is 45.8 Å². The Morgan fingerprint density at radius 2 is 1.83 bits per heavy atom. The average molecular weight is 385 g/mol. The van der Waals surface area contributed by atoms with Crippen molar-refractivity contribution in [2.24, 2.45) is 0 Å². The van der Waals surface area contributed by atoms with Crippen LogP contribution in [0.2, 0.25) is 10.0 Å². The lowest BCUT2D eigenvalue weighted by atomic mass is 10.1. The van der Waals surface area contributed by atoms with Gasteiger partial charge in [-0.25, -0.2) is 0 Å². The van der Waals surface area contributed by atoms with Crippen LogP contribution in [0.25, 0.3) is 0 Å². The molecule has 24 heavy (non-hydrogen) atoms. The van der Waals surface area contributed by atoms with E-state index in [1.165, 1.54) is 0 Å². The van der Waals surface area contributed by atoms with Crippen LogP contribution in [0.15, 0.2) is 42.5 Å². The molecule has 4 nitrogen and oxygen atoms in total. The van der Waals surface area contributed by atoms with Crippen LogP contribution in [0.5, 0.6) is 0 Å². The van der Waals surface area contributed by atoms with E-state index in [1.807, 2.05) is 30.3 Å². The smallest absolute Gasteiger partial charge is 0.164 e. The third kappa shape index (κ3) is 4.57. The maximum Gasteiger partial charge on any atom is 0.164 e. The Morgan fingerprint density at radius 1 is 1.17 bits per heavy atom. The highest BCUT2D eigenvalue weighted by Crippen LogP contribution is 2.37. The van der Waals surface area contributed by atoms with Crippen LogP contribution >= 0.6 is 23.2 Å². The van der Waals surface area contributed by atoms with Crippen LogP contribution < -0.4 is 4.90 Å². The van der Waals surface area contributed by atoms with Gasteiger partial charge in [0.15, 0.2) is 5.78 Å². The Morgan fingerprint density at radius 3 is 2.42 bits per heavy atom. The van der Waals surface area contributed by atoms with E-state index in [4.69, 9.17) is 23.2 Å². The van der Waals surface area contributed by atoms with Gasteiger partial charge in [-0.05, 0) is 28.8 Å². The lowest BCUT2D eigenvalue weighted by molar-refractivity contribution is 0.0988. The molecular formula is C17H16Cl2NO3S-. The molecule has 7 heteroatoms. The molecule has 0 aliphatic rings.